The molecule has 2 rings (SSSR count). The number of nitrogens with one attached hydrogen (secondary N) is 2. The molecule has 3 N–H and O–H groups in total. The fraction of sp³-hybridized carbons (Fsp3) is 0.900. The van der Waals surface area contributed by atoms with Crippen LogP contribution in [0.3, 0.4) is 0 Å². The normalized spacial score (nSPS) is 27.5. The Labute approximate surface area is 153 Å². The van der Waals surface area contributed by atoms with Crippen LogP contribution in [-0.4, -0.2) is 33.2 Å². The summed E-state index contributed by atoms with van der Waals surface area (Å²) in [7, 11) is 0. The molecule has 0 aromatic carbocycles. The molecule has 144 valence electrons. The molecule has 2 saturated heterocycles. The summed E-state index contributed by atoms with van der Waals surface area (Å²) in [5.74, 6) is -0.648. The van der Waals surface area contributed by atoms with E-state index in [1.165, 1.54) is 0 Å². The highest BCUT2D eigenvalue weighted by molar-refractivity contribution is 5.70. The number of carboxylic acids is 1. The SMILES string of the molecule is CC1(C)CC(C#N)CC(C)(C)N1.CC1(C)CC(C(=O)O)CC(C)(C)N1. The Morgan fingerprint density at radius 1 is 0.840 bits per heavy atom. The number of aliphatic carboxylic acids is 1. The van der Waals surface area contributed by atoms with Crippen LogP contribution in [0.1, 0.15) is 81.1 Å². The van der Waals surface area contributed by atoms with Gasteiger partial charge in [-0.25, -0.2) is 0 Å². The van der Waals surface area contributed by atoms with Crippen LogP contribution in [-0.2, 0) is 4.79 Å². The van der Waals surface area contributed by atoms with Gasteiger partial charge in [0.05, 0.1) is 12.0 Å². The minimum atomic E-state index is -0.664. The summed E-state index contributed by atoms with van der Waals surface area (Å²) in [4.78, 5) is 10.9. The van der Waals surface area contributed by atoms with Crippen molar-refractivity contribution in [2.45, 2.75) is 103 Å². The van der Waals surface area contributed by atoms with E-state index in [9.17, 15) is 4.79 Å². The number of rotatable bonds is 1. The number of nitriles is 1. The molecule has 0 atom stereocenters. The van der Waals surface area contributed by atoms with Crippen LogP contribution < -0.4 is 10.6 Å². The fourth-order valence-electron chi connectivity index (χ4n) is 4.91. The van der Waals surface area contributed by atoms with Gasteiger partial charge in [0.2, 0.25) is 0 Å². The van der Waals surface area contributed by atoms with Gasteiger partial charge < -0.3 is 15.7 Å². The van der Waals surface area contributed by atoms with Gasteiger partial charge in [0.15, 0.2) is 0 Å². The first-order chi connectivity index (χ1) is 11.1. The minimum absolute atomic E-state index is 0.0647. The molecule has 2 aliphatic heterocycles. The van der Waals surface area contributed by atoms with Crippen molar-refractivity contribution in [3.8, 4) is 6.07 Å². The van der Waals surface area contributed by atoms with Crippen molar-refractivity contribution in [1.82, 2.24) is 10.6 Å². The molecule has 5 heteroatoms. The summed E-state index contributed by atoms with van der Waals surface area (Å²) >= 11 is 0. The molecule has 0 aliphatic carbocycles. The minimum Gasteiger partial charge on any atom is -0.481 e. The van der Waals surface area contributed by atoms with Crippen molar-refractivity contribution in [2.24, 2.45) is 11.8 Å². The molecule has 0 bridgehead atoms. The first-order valence-electron chi connectivity index (χ1n) is 9.28. The molecule has 0 unspecified atom stereocenters. The van der Waals surface area contributed by atoms with Crippen LogP contribution in [0.25, 0.3) is 0 Å². The third-order valence-electron chi connectivity index (χ3n) is 4.91. The van der Waals surface area contributed by atoms with Gasteiger partial charge in [-0.15, -0.1) is 0 Å². The van der Waals surface area contributed by atoms with Crippen molar-refractivity contribution >= 4 is 5.97 Å². The fourth-order valence-corrected chi connectivity index (χ4v) is 4.91. The van der Waals surface area contributed by atoms with E-state index in [2.05, 4.69) is 72.1 Å². The average Bonchev–Trinajstić information content (AvgIpc) is 2.31. The zero-order chi connectivity index (χ0) is 19.7. The molecule has 0 radical (unpaired) electrons. The Balaban J connectivity index is 0.000000251. The Bertz CT molecular complexity index is 498. The second kappa shape index (κ2) is 7.25. The third-order valence-corrected chi connectivity index (χ3v) is 4.91. The zero-order valence-electron chi connectivity index (χ0n) is 17.3. The predicted octanol–water partition coefficient (Wildman–Crippen LogP) is 3.69. The molecule has 0 amide bonds. The molecule has 2 heterocycles. The first-order valence-corrected chi connectivity index (χ1v) is 9.28. The number of carboxylic acid groups (broad SMARTS) is 1. The summed E-state index contributed by atoms with van der Waals surface area (Å²) < 4.78 is 0. The van der Waals surface area contributed by atoms with Crippen molar-refractivity contribution in [2.75, 3.05) is 0 Å². The first kappa shape index (κ1) is 21.9. The van der Waals surface area contributed by atoms with E-state index in [0.29, 0.717) is 12.8 Å². The lowest BCUT2D eigenvalue weighted by atomic mass is 9.76. The second-order valence-corrected chi connectivity index (χ2v) is 10.5. The number of carbonyl (C=O) groups is 1. The number of nitrogens with zero attached hydrogens (tertiary/aromatic N) is 1. The maximum absolute atomic E-state index is 10.9. The predicted molar refractivity (Wildman–Crippen MR) is 101 cm³/mol. The monoisotopic (exact) mass is 351 g/mol. The molecule has 0 aromatic rings. The molecule has 0 spiro atoms. The highest BCUT2D eigenvalue weighted by Gasteiger charge is 2.40. The van der Waals surface area contributed by atoms with Crippen LogP contribution in [0.2, 0.25) is 0 Å². The Morgan fingerprint density at radius 2 is 1.16 bits per heavy atom. The van der Waals surface area contributed by atoms with Crippen LogP contribution in [0.5, 0.6) is 0 Å². The maximum atomic E-state index is 10.9. The highest BCUT2D eigenvalue weighted by atomic mass is 16.4. The summed E-state index contributed by atoms with van der Waals surface area (Å²) in [6, 6.07) is 2.38. The van der Waals surface area contributed by atoms with E-state index in [1.807, 2.05) is 0 Å². The Kier molecular flexibility index (Phi) is 6.35. The van der Waals surface area contributed by atoms with Crippen molar-refractivity contribution in [3.05, 3.63) is 0 Å². The van der Waals surface area contributed by atoms with Gasteiger partial charge in [0, 0.05) is 28.1 Å². The van der Waals surface area contributed by atoms with E-state index in [0.717, 1.165) is 12.8 Å². The summed E-state index contributed by atoms with van der Waals surface area (Å²) in [5.41, 5.74) is 0.0971. The molecular weight excluding hydrogens is 314 g/mol. The van der Waals surface area contributed by atoms with Gasteiger partial charge in [0.1, 0.15) is 0 Å². The summed E-state index contributed by atoms with van der Waals surface area (Å²) in [6.07, 6.45) is 3.36. The lowest BCUT2D eigenvalue weighted by Crippen LogP contribution is -2.58. The van der Waals surface area contributed by atoms with Gasteiger partial charge in [-0.1, -0.05) is 0 Å². The molecule has 5 nitrogen and oxygen atoms in total. The molecule has 2 fully saturated rings. The standard InChI is InChI=1S/C10H18N2.C10H19NO2/c1-9(2)5-8(7-11)6-10(3,4)12-9;1-9(2)5-7(8(12)13)6-10(3,4)11-9/h8,12H,5-6H2,1-4H3;7,11H,5-6H2,1-4H3,(H,12,13). The van der Waals surface area contributed by atoms with Crippen LogP contribution in [0.15, 0.2) is 0 Å². The molecule has 0 aromatic heterocycles. The van der Waals surface area contributed by atoms with Crippen molar-refractivity contribution < 1.29 is 9.90 Å². The number of piperidine rings is 2. The van der Waals surface area contributed by atoms with E-state index in [4.69, 9.17) is 10.4 Å². The van der Waals surface area contributed by atoms with Gasteiger partial charge in [-0.2, -0.15) is 5.26 Å². The number of hydrogen-bond acceptors (Lipinski definition) is 4. The molecule has 0 saturated carbocycles. The van der Waals surface area contributed by atoms with E-state index in [-0.39, 0.29) is 34.0 Å². The van der Waals surface area contributed by atoms with Crippen LogP contribution in [0.4, 0.5) is 0 Å². The van der Waals surface area contributed by atoms with Crippen LogP contribution >= 0.6 is 0 Å². The topological polar surface area (TPSA) is 85.2 Å². The summed E-state index contributed by atoms with van der Waals surface area (Å²) in [5, 5.41) is 24.9. The smallest absolute Gasteiger partial charge is 0.306 e. The summed E-state index contributed by atoms with van der Waals surface area (Å²) in [6.45, 7) is 16.9. The largest absolute Gasteiger partial charge is 0.481 e. The van der Waals surface area contributed by atoms with E-state index < -0.39 is 5.97 Å². The quantitative estimate of drug-likeness (QED) is 0.671. The number of hydrogen-bond donors (Lipinski definition) is 3. The molecule has 25 heavy (non-hydrogen) atoms. The van der Waals surface area contributed by atoms with Crippen molar-refractivity contribution in [1.29, 1.82) is 5.26 Å². The average molecular weight is 352 g/mol. The molecular formula is C20H37N3O2. The van der Waals surface area contributed by atoms with Gasteiger partial charge in [-0.3, -0.25) is 4.79 Å². The third kappa shape index (κ3) is 7.33. The Morgan fingerprint density at radius 3 is 1.44 bits per heavy atom. The lowest BCUT2D eigenvalue weighted by molar-refractivity contribution is -0.144. The Hall–Kier alpha value is -1.12. The van der Waals surface area contributed by atoms with Crippen LogP contribution in [0, 0.1) is 23.2 Å². The van der Waals surface area contributed by atoms with Gasteiger partial charge in [-0.05, 0) is 81.1 Å². The van der Waals surface area contributed by atoms with Gasteiger partial charge in [0.25, 0.3) is 0 Å². The van der Waals surface area contributed by atoms with Crippen molar-refractivity contribution in [3.63, 3.8) is 0 Å². The zero-order valence-corrected chi connectivity index (χ0v) is 17.3. The van der Waals surface area contributed by atoms with E-state index in [1.54, 1.807) is 0 Å². The maximum Gasteiger partial charge on any atom is 0.306 e. The van der Waals surface area contributed by atoms with Gasteiger partial charge >= 0.3 is 5.97 Å². The molecule has 2 aliphatic rings. The highest BCUT2D eigenvalue weighted by Crippen LogP contribution is 2.33. The van der Waals surface area contributed by atoms with E-state index >= 15 is 0 Å². The lowest BCUT2D eigenvalue weighted by Gasteiger charge is -2.45. The second-order valence-electron chi connectivity index (χ2n) is 10.5.